The van der Waals surface area contributed by atoms with Gasteiger partial charge in [0.05, 0.1) is 18.8 Å². The molecule has 1 aromatic heterocycles. The van der Waals surface area contributed by atoms with Gasteiger partial charge in [0.1, 0.15) is 0 Å². The van der Waals surface area contributed by atoms with Gasteiger partial charge in [-0.15, -0.1) is 5.10 Å². The van der Waals surface area contributed by atoms with Crippen LogP contribution in [-0.2, 0) is 11.3 Å². The highest BCUT2D eigenvalue weighted by Gasteiger charge is 2.29. The first kappa shape index (κ1) is 15.0. The van der Waals surface area contributed by atoms with Gasteiger partial charge >= 0.3 is 0 Å². The molecule has 1 saturated heterocycles. The number of rotatable bonds is 6. The first-order valence-electron chi connectivity index (χ1n) is 7.87. The fraction of sp³-hybridized carbons (Fsp3) is 0.800. The second-order valence-corrected chi connectivity index (χ2v) is 5.85. The molecule has 112 valence electrons. The Labute approximate surface area is 121 Å². The Morgan fingerprint density at radius 3 is 3.00 bits per heavy atom. The van der Waals surface area contributed by atoms with E-state index in [0.29, 0.717) is 5.91 Å². The van der Waals surface area contributed by atoms with Gasteiger partial charge in [0, 0.05) is 18.7 Å². The van der Waals surface area contributed by atoms with Crippen LogP contribution in [0.25, 0.3) is 0 Å². The molecule has 1 aliphatic heterocycles. The number of aromatic nitrogens is 3. The van der Waals surface area contributed by atoms with E-state index in [2.05, 4.69) is 29.1 Å². The van der Waals surface area contributed by atoms with Crippen molar-refractivity contribution in [1.82, 2.24) is 19.9 Å². The van der Waals surface area contributed by atoms with Crippen molar-refractivity contribution in [3.63, 3.8) is 0 Å². The number of amides is 1. The van der Waals surface area contributed by atoms with Crippen LogP contribution in [-0.4, -0.2) is 38.4 Å². The van der Waals surface area contributed by atoms with Crippen LogP contribution in [0.3, 0.4) is 0 Å². The van der Waals surface area contributed by atoms with Gasteiger partial charge < -0.3 is 4.90 Å². The Kier molecular flexibility index (Phi) is 5.56. The van der Waals surface area contributed by atoms with Crippen LogP contribution in [0.15, 0.2) is 12.4 Å². The highest BCUT2D eigenvalue weighted by molar-refractivity contribution is 5.78. The molecule has 1 aliphatic rings. The van der Waals surface area contributed by atoms with Crippen LogP contribution in [0.2, 0.25) is 0 Å². The average Bonchev–Trinajstić information content (AvgIpc) is 2.97. The molecule has 20 heavy (non-hydrogen) atoms. The van der Waals surface area contributed by atoms with E-state index < -0.39 is 0 Å². The highest BCUT2D eigenvalue weighted by atomic mass is 16.2. The fourth-order valence-electron chi connectivity index (χ4n) is 2.94. The normalized spacial score (nSPS) is 20.9. The molecule has 0 spiro atoms. The molecular formula is C15H26N4O. The zero-order valence-corrected chi connectivity index (χ0v) is 12.7. The van der Waals surface area contributed by atoms with E-state index in [1.54, 1.807) is 6.20 Å². The summed E-state index contributed by atoms with van der Waals surface area (Å²) in [5.74, 6) is 0.467. The molecule has 2 atom stereocenters. The van der Waals surface area contributed by atoms with E-state index in [-0.39, 0.29) is 12.0 Å². The molecule has 2 rings (SSSR count). The van der Waals surface area contributed by atoms with Crippen molar-refractivity contribution in [1.29, 1.82) is 0 Å². The van der Waals surface area contributed by atoms with Crippen molar-refractivity contribution in [3.05, 3.63) is 12.4 Å². The summed E-state index contributed by atoms with van der Waals surface area (Å²) >= 11 is 0. The van der Waals surface area contributed by atoms with Gasteiger partial charge in [-0.1, -0.05) is 31.9 Å². The number of likely N-dealkylation sites (tertiary alicyclic amines) is 1. The van der Waals surface area contributed by atoms with Crippen molar-refractivity contribution >= 4 is 5.91 Å². The third-order valence-corrected chi connectivity index (χ3v) is 4.19. The zero-order valence-electron chi connectivity index (χ0n) is 12.7. The van der Waals surface area contributed by atoms with Crippen LogP contribution in [0, 0.1) is 5.92 Å². The van der Waals surface area contributed by atoms with Crippen molar-refractivity contribution in [2.24, 2.45) is 5.92 Å². The second kappa shape index (κ2) is 7.41. The van der Waals surface area contributed by atoms with Gasteiger partial charge in [0.15, 0.2) is 0 Å². The van der Waals surface area contributed by atoms with E-state index in [4.69, 9.17) is 0 Å². The van der Waals surface area contributed by atoms with Crippen LogP contribution >= 0.6 is 0 Å². The number of carbonyl (C=O) groups excluding carboxylic acids is 1. The number of nitrogens with zero attached hydrogens (tertiary/aromatic N) is 4. The summed E-state index contributed by atoms with van der Waals surface area (Å²) in [7, 11) is 0. The van der Waals surface area contributed by atoms with Gasteiger partial charge in [0.2, 0.25) is 5.91 Å². The van der Waals surface area contributed by atoms with E-state index in [0.717, 1.165) is 45.2 Å². The maximum absolute atomic E-state index is 12.6. The smallest absolute Gasteiger partial charge is 0.225 e. The zero-order chi connectivity index (χ0) is 14.4. The monoisotopic (exact) mass is 278 g/mol. The maximum Gasteiger partial charge on any atom is 0.225 e. The molecule has 2 heterocycles. The lowest BCUT2D eigenvalue weighted by atomic mass is 9.97. The van der Waals surface area contributed by atoms with Gasteiger partial charge in [-0.25, -0.2) is 0 Å². The van der Waals surface area contributed by atoms with Crippen molar-refractivity contribution < 1.29 is 4.79 Å². The Balaban J connectivity index is 1.97. The highest BCUT2D eigenvalue weighted by Crippen LogP contribution is 2.22. The molecule has 0 bridgehead atoms. The maximum atomic E-state index is 12.6. The van der Waals surface area contributed by atoms with Gasteiger partial charge in [0.25, 0.3) is 0 Å². The second-order valence-electron chi connectivity index (χ2n) is 5.85. The van der Waals surface area contributed by atoms with E-state index in [1.807, 2.05) is 10.9 Å². The van der Waals surface area contributed by atoms with Gasteiger partial charge in [-0.05, 0) is 25.7 Å². The first-order chi connectivity index (χ1) is 9.72. The van der Waals surface area contributed by atoms with E-state index >= 15 is 0 Å². The average molecular weight is 278 g/mol. The molecule has 2 unspecified atom stereocenters. The molecular weight excluding hydrogens is 252 g/mol. The molecule has 0 N–H and O–H groups in total. The summed E-state index contributed by atoms with van der Waals surface area (Å²) < 4.78 is 1.84. The Hall–Kier alpha value is -1.39. The summed E-state index contributed by atoms with van der Waals surface area (Å²) in [6, 6.07) is 0.280. The largest absolute Gasteiger partial charge is 0.338 e. The lowest BCUT2D eigenvalue weighted by molar-refractivity contribution is -0.139. The molecule has 1 aromatic rings. The number of piperidine rings is 1. The van der Waals surface area contributed by atoms with E-state index in [9.17, 15) is 4.79 Å². The van der Waals surface area contributed by atoms with Crippen molar-refractivity contribution in [2.45, 2.75) is 65.0 Å². The third-order valence-electron chi connectivity index (χ3n) is 4.19. The molecule has 0 aromatic carbocycles. The van der Waals surface area contributed by atoms with E-state index in [1.165, 1.54) is 6.42 Å². The Morgan fingerprint density at radius 1 is 1.45 bits per heavy atom. The number of carbonyl (C=O) groups is 1. The summed E-state index contributed by atoms with van der Waals surface area (Å²) in [6.45, 7) is 5.91. The van der Waals surface area contributed by atoms with Gasteiger partial charge in [-0.3, -0.25) is 9.48 Å². The Morgan fingerprint density at radius 2 is 2.30 bits per heavy atom. The van der Waals surface area contributed by atoms with Crippen LogP contribution < -0.4 is 0 Å². The minimum absolute atomic E-state index is 0.145. The van der Waals surface area contributed by atoms with Crippen molar-refractivity contribution in [2.75, 3.05) is 6.54 Å². The molecule has 1 fully saturated rings. The lowest BCUT2D eigenvalue weighted by Crippen LogP contribution is -2.47. The number of hydrogen-bond acceptors (Lipinski definition) is 3. The summed E-state index contributed by atoms with van der Waals surface area (Å²) in [4.78, 5) is 14.7. The SMILES string of the molecule is CCCCC(C)C(=O)N1CCCCC1Cn1ccnn1. The Bertz CT molecular complexity index is 404. The minimum Gasteiger partial charge on any atom is -0.338 e. The molecule has 0 saturated carbocycles. The molecule has 5 nitrogen and oxygen atoms in total. The standard InChI is InChI=1S/C15H26N4O/c1-3-4-7-13(2)15(20)19-10-6-5-8-14(19)12-18-11-9-16-17-18/h9,11,13-14H,3-8,10,12H2,1-2H3. The van der Waals surface area contributed by atoms with Gasteiger partial charge in [-0.2, -0.15) is 0 Å². The topological polar surface area (TPSA) is 51.0 Å². The van der Waals surface area contributed by atoms with Crippen LogP contribution in [0.1, 0.15) is 52.4 Å². The number of unbranched alkanes of at least 4 members (excludes halogenated alkanes) is 1. The predicted octanol–water partition coefficient (Wildman–Crippen LogP) is 2.49. The summed E-state index contributed by atoms with van der Waals surface area (Å²) in [5.41, 5.74) is 0. The summed E-state index contributed by atoms with van der Waals surface area (Å²) in [5, 5.41) is 7.87. The van der Waals surface area contributed by atoms with Crippen LogP contribution in [0.4, 0.5) is 0 Å². The summed E-state index contributed by atoms with van der Waals surface area (Å²) in [6.07, 6.45) is 10.3. The minimum atomic E-state index is 0.145. The quantitative estimate of drug-likeness (QED) is 0.803. The molecule has 5 heteroatoms. The molecule has 0 radical (unpaired) electrons. The molecule has 0 aliphatic carbocycles. The van der Waals surface area contributed by atoms with Crippen LogP contribution in [0.5, 0.6) is 0 Å². The van der Waals surface area contributed by atoms with Crippen molar-refractivity contribution in [3.8, 4) is 0 Å². The first-order valence-corrected chi connectivity index (χ1v) is 7.87. The predicted molar refractivity (Wildman–Crippen MR) is 78.1 cm³/mol. The lowest BCUT2D eigenvalue weighted by Gasteiger charge is -2.37. The third kappa shape index (κ3) is 3.81. The molecule has 1 amide bonds. The number of hydrogen-bond donors (Lipinski definition) is 0. The fourth-order valence-corrected chi connectivity index (χ4v) is 2.94.